The Bertz CT molecular complexity index is 555. The van der Waals surface area contributed by atoms with Crippen molar-refractivity contribution in [3.05, 3.63) is 34.1 Å². The molecule has 0 spiro atoms. The van der Waals surface area contributed by atoms with Crippen LogP contribution in [0.25, 0.3) is 0 Å². The summed E-state index contributed by atoms with van der Waals surface area (Å²) in [5.74, 6) is -0.502. The number of amides is 1. The Hall–Kier alpha value is -1.47. The van der Waals surface area contributed by atoms with Gasteiger partial charge in [-0.1, -0.05) is 6.07 Å². The van der Waals surface area contributed by atoms with Crippen molar-refractivity contribution in [2.24, 2.45) is 0 Å². The smallest absolute Gasteiger partial charge is 0.407 e. The molecule has 1 saturated heterocycles. The highest BCUT2D eigenvalue weighted by molar-refractivity contribution is 9.10. The van der Waals surface area contributed by atoms with E-state index in [1.807, 2.05) is 20.8 Å². The highest BCUT2D eigenvalue weighted by Crippen LogP contribution is 2.16. The molecule has 0 radical (unpaired) electrons. The van der Waals surface area contributed by atoms with Gasteiger partial charge in [0.05, 0.1) is 10.0 Å². The van der Waals surface area contributed by atoms with Crippen LogP contribution in [0.2, 0.25) is 0 Å². The first-order chi connectivity index (χ1) is 11.2. The van der Waals surface area contributed by atoms with E-state index in [9.17, 15) is 14.0 Å². The molecule has 2 N–H and O–H groups in total. The molecule has 2 rings (SSSR count). The second kappa shape index (κ2) is 9.74. The van der Waals surface area contributed by atoms with Gasteiger partial charge in [0.25, 0.3) is 0 Å². The van der Waals surface area contributed by atoms with Crippen molar-refractivity contribution in [2.75, 3.05) is 13.1 Å². The number of hydrogen-bond donors (Lipinski definition) is 2. The van der Waals surface area contributed by atoms with E-state index in [2.05, 4.69) is 26.6 Å². The number of benzene rings is 1. The summed E-state index contributed by atoms with van der Waals surface area (Å²) in [6.45, 7) is 7.49. The fourth-order valence-electron chi connectivity index (χ4n) is 2.06. The van der Waals surface area contributed by atoms with Gasteiger partial charge in [0.15, 0.2) is 6.29 Å². The molecule has 0 aromatic heterocycles. The van der Waals surface area contributed by atoms with Crippen molar-refractivity contribution in [3.8, 4) is 0 Å². The molecule has 0 bridgehead atoms. The van der Waals surface area contributed by atoms with Crippen LogP contribution in [0.5, 0.6) is 0 Å². The van der Waals surface area contributed by atoms with Crippen LogP contribution in [0.4, 0.5) is 9.18 Å². The molecule has 1 aliphatic rings. The Balaban J connectivity index is 0.000000254. The second-order valence-electron chi connectivity index (χ2n) is 6.45. The molecule has 0 saturated carbocycles. The number of carbonyl (C=O) groups excluding carboxylic acids is 2. The quantitative estimate of drug-likeness (QED) is 0.740. The molecule has 1 fully saturated rings. The molecular formula is C17H24BrFN2O3. The number of carbonyl (C=O) groups is 2. The Morgan fingerprint density at radius 1 is 1.46 bits per heavy atom. The SMILES string of the molecule is CC(C)(C)OC(=O)N[C@@H]1CCCNC1.O=Cc1cccc(Br)c1F. The van der Waals surface area contributed by atoms with Crippen LogP contribution >= 0.6 is 15.9 Å². The average molecular weight is 403 g/mol. The maximum Gasteiger partial charge on any atom is 0.407 e. The lowest BCUT2D eigenvalue weighted by Gasteiger charge is -2.26. The Labute approximate surface area is 150 Å². The van der Waals surface area contributed by atoms with Gasteiger partial charge in [-0.3, -0.25) is 4.79 Å². The first-order valence-corrected chi connectivity index (χ1v) is 8.61. The minimum absolute atomic E-state index is 0.0781. The molecule has 1 aliphatic heterocycles. The molecule has 0 unspecified atom stereocenters. The molecule has 7 heteroatoms. The summed E-state index contributed by atoms with van der Waals surface area (Å²) >= 11 is 2.95. The summed E-state index contributed by atoms with van der Waals surface area (Å²) in [4.78, 5) is 21.5. The highest BCUT2D eigenvalue weighted by Gasteiger charge is 2.20. The summed E-state index contributed by atoms with van der Waals surface area (Å²) in [6, 6.07) is 4.80. The monoisotopic (exact) mass is 402 g/mol. The standard InChI is InChI=1S/C10H20N2O2.C7H4BrFO/c1-10(2,3)14-9(13)12-8-5-4-6-11-7-8;8-6-3-1-2-5(4-10)7(6)9/h8,11H,4-7H2,1-3H3,(H,12,13);1-4H/t8-;/m1./s1. The zero-order chi connectivity index (χ0) is 18.2. The van der Waals surface area contributed by atoms with Gasteiger partial charge in [-0.25, -0.2) is 9.18 Å². The lowest BCUT2D eigenvalue weighted by Crippen LogP contribution is -2.47. The molecule has 24 heavy (non-hydrogen) atoms. The Morgan fingerprint density at radius 2 is 2.17 bits per heavy atom. The second-order valence-corrected chi connectivity index (χ2v) is 7.30. The van der Waals surface area contributed by atoms with E-state index in [-0.39, 0.29) is 17.7 Å². The zero-order valence-corrected chi connectivity index (χ0v) is 15.8. The van der Waals surface area contributed by atoms with Crippen LogP contribution in [0.15, 0.2) is 22.7 Å². The molecule has 1 aromatic rings. The number of ether oxygens (including phenoxy) is 1. The Morgan fingerprint density at radius 3 is 2.67 bits per heavy atom. The van der Waals surface area contributed by atoms with Gasteiger partial charge in [-0.2, -0.15) is 0 Å². The summed E-state index contributed by atoms with van der Waals surface area (Å²) < 4.78 is 18.2. The zero-order valence-electron chi connectivity index (χ0n) is 14.2. The number of halogens is 2. The number of aldehydes is 1. The van der Waals surface area contributed by atoms with Crippen molar-refractivity contribution >= 4 is 28.3 Å². The van der Waals surface area contributed by atoms with E-state index in [1.54, 1.807) is 12.1 Å². The van der Waals surface area contributed by atoms with E-state index < -0.39 is 11.4 Å². The van der Waals surface area contributed by atoms with E-state index in [4.69, 9.17) is 4.74 Å². The molecular weight excluding hydrogens is 379 g/mol. The summed E-state index contributed by atoms with van der Waals surface area (Å²) in [5.41, 5.74) is -0.332. The number of piperidine rings is 1. The van der Waals surface area contributed by atoms with Crippen molar-refractivity contribution in [2.45, 2.75) is 45.3 Å². The third-order valence-electron chi connectivity index (χ3n) is 3.13. The maximum atomic E-state index is 12.7. The largest absolute Gasteiger partial charge is 0.444 e. The van der Waals surface area contributed by atoms with Gasteiger partial charge in [0, 0.05) is 12.6 Å². The minimum atomic E-state index is -0.502. The first-order valence-electron chi connectivity index (χ1n) is 7.82. The lowest BCUT2D eigenvalue weighted by molar-refractivity contribution is 0.0497. The van der Waals surface area contributed by atoms with Gasteiger partial charge >= 0.3 is 6.09 Å². The van der Waals surface area contributed by atoms with E-state index >= 15 is 0 Å². The fraction of sp³-hybridized carbons (Fsp3) is 0.529. The summed E-state index contributed by atoms with van der Waals surface area (Å²) in [5, 5.41) is 6.08. The van der Waals surface area contributed by atoms with Crippen LogP contribution in [0, 0.1) is 5.82 Å². The molecule has 1 amide bonds. The molecule has 1 heterocycles. The minimum Gasteiger partial charge on any atom is -0.444 e. The van der Waals surface area contributed by atoms with Gasteiger partial charge < -0.3 is 15.4 Å². The average Bonchev–Trinajstić information content (AvgIpc) is 2.50. The number of rotatable bonds is 2. The van der Waals surface area contributed by atoms with Crippen LogP contribution in [-0.4, -0.2) is 37.1 Å². The van der Waals surface area contributed by atoms with Crippen molar-refractivity contribution < 1.29 is 18.7 Å². The fourth-order valence-corrected chi connectivity index (χ4v) is 2.44. The molecule has 5 nitrogen and oxygen atoms in total. The molecule has 134 valence electrons. The van der Waals surface area contributed by atoms with Crippen molar-refractivity contribution in [1.29, 1.82) is 0 Å². The molecule has 1 atom stereocenters. The first kappa shape index (κ1) is 20.6. The van der Waals surface area contributed by atoms with Crippen LogP contribution in [-0.2, 0) is 4.74 Å². The number of nitrogens with one attached hydrogen (secondary N) is 2. The number of alkyl carbamates (subject to hydrolysis) is 1. The topological polar surface area (TPSA) is 67.4 Å². The van der Waals surface area contributed by atoms with Crippen LogP contribution in [0.3, 0.4) is 0 Å². The maximum absolute atomic E-state index is 12.7. The van der Waals surface area contributed by atoms with Crippen LogP contribution < -0.4 is 10.6 Å². The van der Waals surface area contributed by atoms with E-state index in [0.29, 0.717) is 10.8 Å². The molecule has 1 aromatic carbocycles. The molecule has 0 aliphatic carbocycles. The summed E-state index contributed by atoms with van der Waals surface area (Å²) in [6.07, 6.45) is 2.32. The predicted octanol–water partition coefficient (Wildman–Crippen LogP) is 3.66. The third kappa shape index (κ3) is 7.88. The van der Waals surface area contributed by atoms with E-state index in [0.717, 1.165) is 25.9 Å². The van der Waals surface area contributed by atoms with Gasteiger partial charge in [0.2, 0.25) is 0 Å². The Kier molecular flexibility index (Phi) is 8.35. The van der Waals surface area contributed by atoms with Crippen molar-refractivity contribution in [1.82, 2.24) is 10.6 Å². The van der Waals surface area contributed by atoms with Gasteiger partial charge in [-0.05, 0) is 68.2 Å². The van der Waals surface area contributed by atoms with Crippen LogP contribution in [0.1, 0.15) is 44.0 Å². The van der Waals surface area contributed by atoms with Gasteiger partial charge in [-0.15, -0.1) is 0 Å². The van der Waals surface area contributed by atoms with Gasteiger partial charge in [0.1, 0.15) is 11.4 Å². The summed E-state index contributed by atoms with van der Waals surface area (Å²) in [7, 11) is 0. The number of hydrogen-bond acceptors (Lipinski definition) is 4. The van der Waals surface area contributed by atoms with Crippen molar-refractivity contribution in [3.63, 3.8) is 0 Å². The predicted molar refractivity (Wildman–Crippen MR) is 94.7 cm³/mol. The normalized spacial score (nSPS) is 17.3. The van der Waals surface area contributed by atoms with E-state index in [1.165, 1.54) is 6.07 Å². The lowest BCUT2D eigenvalue weighted by atomic mass is 10.1. The highest BCUT2D eigenvalue weighted by atomic mass is 79.9. The third-order valence-corrected chi connectivity index (χ3v) is 3.74.